The standard InChI is InChI=1S/C35H42N4O5S/c1-5-39(26-8-14-45(43)15-9-26)31-19-25(24-6-7-29-30(18-24)38-34(42)35(29)10-12-44-13-11-35)17-27(23(31)4)32(40)36-20-28-21(2)16-22(3)37-33(28)41/h6-7,16-19,26H,5,8-15,20H2,1-4H3,(H,36,40)(H,37,41)(H,38,42). The van der Waals surface area contributed by atoms with E-state index in [0.29, 0.717) is 48.7 Å². The van der Waals surface area contributed by atoms with Crippen molar-refractivity contribution in [2.75, 3.05) is 41.5 Å². The number of ether oxygens (including phenoxy) is 1. The first kappa shape index (κ1) is 31.2. The maximum atomic E-state index is 13.9. The summed E-state index contributed by atoms with van der Waals surface area (Å²) in [5.74, 6) is 1.12. The first-order chi connectivity index (χ1) is 21.6. The zero-order valence-electron chi connectivity index (χ0n) is 26.5. The SMILES string of the molecule is CCN(c1cc(-c2ccc3c(c2)NC(=O)C32CCOCC2)cc(C(=O)NCc2c(C)cc(C)[nH]c2=O)c1C)C1CCS(=O)CC1. The molecule has 0 atom stereocenters. The van der Waals surface area contributed by atoms with Crippen LogP contribution in [0.5, 0.6) is 0 Å². The van der Waals surface area contributed by atoms with Gasteiger partial charge in [0.05, 0.1) is 5.41 Å². The number of aromatic amines is 1. The van der Waals surface area contributed by atoms with Gasteiger partial charge in [0.2, 0.25) is 5.91 Å². The Morgan fingerprint density at radius 2 is 1.78 bits per heavy atom. The van der Waals surface area contributed by atoms with Crippen molar-refractivity contribution in [3.8, 4) is 11.1 Å². The molecular weight excluding hydrogens is 588 g/mol. The number of nitrogens with one attached hydrogen (secondary N) is 3. The fourth-order valence-electron chi connectivity index (χ4n) is 7.31. The molecule has 0 aliphatic carbocycles. The summed E-state index contributed by atoms with van der Waals surface area (Å²) in [4.78, 5) is 44.9. The van der Waals surface area contributed by atoms with Gasteiger partial charge in [0.25, 0.3) is 11.5 Å². The van der Waals surface area contributed by atoms with Gasteiger partial charge in [-0.05, 0) is 105 Å². The number of nitrogens with zero attached hydrogens (tertiary/aromatic N) is 1. The Labute approximate surface area is 266 Å². The average Bonchev–Trinajstić information content (AvgIpc) is 3.28. The number of H-pyrrole nitrogens is 1. The third-order valence-electron chi connectivity index (χ3n) is 9.89. The molecule has 3 aliphatic heterocycles. The van der Waals surface area contributed by atoms with E-state index in [9.17, 15) is 18.6 Å². The van der Waals surface area contributed by atoms with Crippen molar-refractivity contribution < 1.29 is 18.5 Å². The van der Waals surface area contributed by atoms with E-state index in [0.717, 1.165) is 64.3 Å². The number of fused-ring (bicyclic) bond motifs is 2. The van der Waals surface area contributed by atoms with Crippen LogP contribution in [0.1, 0.15) is 70.9 Å². The van der Waals surface area contributed by atoms with Crippen molar-refractivity contribution in [1.82, 2.24) is 10.3 Å². The van der Waals surface area contributed by atoms with E-state index >= 15 is 0 Å². The number of hydrogen-bond acceptors (Lipinski definition) is 6. The Morgan fingerprint density at radius 1 is 1.04 bits per heavy atom. The number of amides is 2. The highest BCUT2D eigenvalue weighted by Gasteiger charge is 2.47. The highest BCUT2D eigenvalue weighted by Crippen LogP contribution is 2.46. The minimum Gasteiger partial charge on any atom is -0.381 e. The van der Waals surface area contributed by atoms with Crippen molar-refractivity contribution in [3.05, 3.63) is 80.3 Å². The van der Waals surface area contributed by atoms with Crippen LogP contribution < -0.4 is 21.1 Å². The molecule has 6 rings (SSSR count). The largest absolute Gasteiger partial charge is 0.381 e. The van der Waals surface area contributed by atoms with Gasteiger partial charge in [-0.1, -0.05) is 12.1 Å². The van der Waals surface area contributed by atoms with Gasteiger partial charge in [0, 0.05) is 82.8 Å². The first-order valence-electron chi connectivity index (χ1n) is 15.9. The number of rotatable bonds is 7. The van der Waals surface area contributed by atoms with E-state index in [-0.39, 0.29) is 30.0 Å². The van der Waals surface area contributed by atoms with Crippen molar-refractivity contribution in [3.63, 3.8) is 0 Å². The molecular formula is C35H42N4O5S. The fraction of sp³-hybridized carbons (Fsp3) is 0.457. The summed E-state index contributed by atoms with van der Waals surface area (Å²) in [6.45, 7) is 9.77. The first-order valence-corrected chi connectivity index (χ1v) is 17.4. The summed E-state index contributed by atoms with van der Waals surface area (Å²) in [6, 6.07) is 12.3. The lowest BCUT2D eigenvalue weighted by molar-refractivity contribution is -0.124. The number of hydrogen-bond donors (Lipinski definition) is 3. The van der Waals surface area contributed by atoms with Crippen LogP contribution in [0.4, 0.5) is 11.4 Å². The molecule has 45 heavy (non-hydrogen) atoms. The maximum Gasteiger partial charge on any atom is 0.253 e. The van der Waals surface area contributed by atoms with Gasteiger partial charge >= 0.3 is 0 Å². The zero-order chi connectivity index (χ0) is 31.9. The van der Waals surface area contributed by atoms with E-state index < -0.39 is 16.2 Å². The second-order valence-electron chi connectivity index (χ2n) is 12.6. The van der Waals surface area contributed by atoms with Crippen LogP contribution in [-0.2, 0) is 32.3 Å². The maximum absolute atomic E-state index is 13.9. The van der Waals surface area contributed by atoms with Gasteiger partial charge in [0.1, 0.15) is 0 Å². The Morgan fingerprint density at radius 3 is 2.47 bits per heavy atom. The van der Waals surface area contributed by atoms with Crippen LogP contribution in [0.25, 0.3) is 11.1 Å². The number of carbonyl (C=O) groups is 2. The van der Waals surface area contributed by atoms with Crippen LogP contribution in [-0.4, -0.2) is 58.3 Å². The van der Waals surface area contributed by atoms with Crippen LogP contribution in [0.2, 0.25) is 0 Å². The lowest BCUT2D eigenvalue weighted by Gasteiger charge is -2.36. The fourth-order valence-corrected chi connectivity index (χ4v) is 8.58. The van der Waals surface area contributed by atoms with E-state index in [1.807, 2.05) is 51.1 Å². The Bertz CT molecular complexity index is 1730. The van der Waals surface area contributed by atoms with Crippen molar-refractivity contribution in [2.24, 2.45) is 0 Å². The molecule has 2 saturated heterocycles. The number of pyridine rings is 1. The van der Waals surface area contributed by atoms with E-state index in [1.165, 1.54) is 0 Å². The molecule has 1 spiro atoms. The van der Waals surface area contributed by atoms with Gasteiger partial charge in [-0.25, -0.2) is 0 Å². The lowest BCUT2D eigenvalue weighted by atomic mass is 9.75. The minimum absolute atomic E-state index is 0.0239. The highest BCUT2D eigenvalue weighted by atomic mass is 32.2. The molecule has 3 N–H and O–H groups in total. The molecule has 4 heterocycles. The number of aromatic nitrogens is 1. The second-order valence-corrected chi connectivity index (χ2v) is 14.3. The van der Waals surface area contributed by atoms with E-state index in [4.69, 9.17) is 4.74 Å². The van der Waals surface area contributed by atoms with Gasteiger partial charge in [-0.15, -0.1) is 0 Å². The number of carbonyl (C=O) groups excluding carboxylic acids is 2. The Balaban J connectivity index is 1.39. The van der Waals surface area contributed by atoms with Crippen LogP contribution in [0.3, 0.4) is 0 Å². The molecule has 238 valence electrons. The lowest BCUT2D eigenvalue weighted by Crippen LogP contribution is -2.40. The number of aryl methyl sites for hydroxylation is 2. The molecule has 0 unspecified atom stereocenters. The molecule has 3 aromatic rings. The molecule has 0 radical (unpaired) electrons. The van der Waals surface area contributed by atoms with Gasteiger partial charge < -0.3 is 25.3 Å². The van der Waals surface area contributed by atoms with E-state index in [2.05, 4.69) is 33.5 Å². The van der Waals surface area contributed by atoms with E-state index in [1.54, 1.807) is 0 Å². The van der Waals surface area contributed by atoms with Crippen LogP contribution >= 0.6 is 0 Å². The van der Waals surface area contributed by atoms with Crippen LogP contribution in [0.15, 0.2) is 41.2 Å². The molecule has 0 bridgehead atoms. The van der Waals surface area contributed by atoms with Gasteiger partial charge in [-0.3, -0.25) is 18.6 Å². The van der Waals surface area contributed by atoms with Crippen LogP contribution in [0, 0.1) is 20.8 Å². The topological polar surface area (TPSA) is 121 Å². The zero-order valence-corrected chi connectivity index (χ0v) is 27.3. The summed E-state index contributed by atoms with van der Waals surface area (Å²) in [5.41, 5.74) is 7.33. The highest BCUT2D eigenvalue weighted by molar-refractivity contribution is 7.85. The second kappa shape index (κ2) is 12.6. The number of anilines is 2. The molecule has 9 nitrogen and oxygen atoms in total. The summed E-state index contributed by atoms with van der Waals surface area (Å²) < 4.78 is 17.7. The predicted octanol–water partition coefficient (Wildman–Crippen LogP) is 4.63. The van der Waals surface area contributed by atoms with Crippen molar-refractivity contribution >= 4 is 34.0 Å². The minimum atomic E-state index is -0.783. The smallest absolute Gasteiger partial charge is 0.253 e. The average molecular weight is 631 g/mol. The van der Waals surface area contributed by atoms with Gasteiger partial charge in [0.15, 0.2) is 0 Å². The third-order valence-corrected chi connectivity index (χ3v) is 11.3. The molecule has 2 aromatic carbocycles. The molecule has 3 aliphatic rings. The molecule has 0 saturated carbocycles. The predicted molar refractivity (Wildman–Crippen MR) is 179 cm³/mol. The van der Waals surface area contributed by atoms with Crippen molar-refractivity contribution in [2.45, 2.75) is 71.4 Å². The molecule has 1 aromatic heterocycles. The monoisotopic (exact) mass is 630 g/mol. The quantitative estimate of drug-likeness (QED) is 0.350. The summed E-state index contributed by atoms with van der Waals surface area (Å²) in [7, 11) is -0.783. The van der Waals surface area contributed by atoms with Gasteiger partial charge in [-0.2, -0.15) is 0 Å². The summed E-state index contributed by atoms with van der Waals surface area (Å²) >= 11 is 0. The number of benzene rings is 2. The third kappa shape index (κ3) is 5.86. The van der Waals surface area contributed by atoms with Crippen molar-refractivity contribution in [1.29, 1.82) is 0 Å². The molecule has 10 heteroatoms. The Kier molecular flexibility index (Phi) is 8.72. The normalized spacial score (nSPS) is 20.5. The summed E-state index contributed by atoms with van der Waals surface area (Å²) in [6.07, 6.45) is 2.98. The molecule has 2 fully saturated rings. The summed E-state index contributed by atoms with van der Waals surface area (Å²) in [5, 5.41) is 6.13. The molecule has 2 amide bonds. The Hall–Kier alpha value is -3.76.